The van der Waals surface area contributed by atoms with Crippen LogP contribution < -0.4 is 14.8 Å². The lowest BCUT2D eigenvalue weighted by Crippen LogP contribution is -2.27. The summed E-state index contributed by atoms with van der Waals surface area (Å²) in [4.78, 5) is 16.6. The van der Waals surface area contributed by atoms with Crippen molar-refractivity contribution >= 4 is 5.91 Å². The fourth-order valence-electron chi connectivity index (χ4n) is 3.41. The van der Waals surface area contributed by atoms with E-state index < -0.39 is 0 Å². The van der Waals surface area contributed by atoms with Crippen molar-refractivity contribution in [2.24, 2.45) is 0 Å². The Kier molecular flexibility index (Phi) is 5.56. The van der Waals surface area contributed by atoms with E-state index in [1.807, 2.05) is 47.2 Å². The van der Waals surface area contributed by atoms with E-state index >= 15 is 0 Å². The minimum Gasteiger partial charge on any atom is -0.454 e. The average Bonchev–Trinajstić information content (AvgIpc) is 3.41. The van der Waals surface area contributed by atoms with Crippen molar-refractivity contribution < 1.29 is 14.3 Å². The predicted octanol–water partition coefficient (Wildman–Crippen LogP) is 3.34. The van der Waals surface area contributed by atoms with Gasteiger partial charge in [0.2, 0.25) is 12.7 Å². The number of carbonyl (C=O) groups is 1. The number of nitrogens with zero attached hydrogens (tertiary/aromatic N) is 2. The van der Waals surface area contributed by atoms with Gasteiger partial charge in [0.25, 0.3) is 0 Å². The second kappa shape index (κ2) is 8.61. The van der Waals surface area contributed by atoms with Crippen LogP contribution in [0.5, 0.6) is 11.5 Å². The fraction of sp³-hybridized carbons (Fsp3) is 0.273. The molecule has 1 aliphatic heterocycles. The third-order valence-electron chi connectivity index (χ3n) is 4.86. The Bertz CT molecular complexity index is 910. The largest absolute Gasteiger partial charge is 0.454 e. The quantitative estimate of drug-likeness (QED) is 0.612. The van der Waals surface area contributed by atoms with E-state index in [1.165, 1.54) is 0 Å². The number of imidazole rings is 1. The lowest BCUT2D eigenvalue weighted by Gasteiger charge is -2.18. The maximum absolute atomic E-state index is 12.6. The Morgan fingerprint density at radius 3 is 2.79 bits per heavy atom. The van der Waals surface area contributed by atoms with Crippen LogP contribution in [0.1, 0.15) is 29.9 Å². The van der Waals surface area contributed by atoms with Gasteiger partial charge in [-0.15, -0.1) is 0 Å². The maximum atomic E-state index is 12.6. The minimum absolute atomic E-state index is 0.0376. The van der Waals surface area contributed by atoms with Gasteiger partial charge in [0.05, 0.1) is 6.33 Å². The molecule has 1 atom stereocenters. The van der Waals surface area contributed by atoms with Crippen LogP contribution in [0, 0.1) is 0 Å². The van der Waals surface area contributed by atoms with Crippen LogP contribution in [0.3, 0.4) is 0 Å². The molecule has 0 aliphatic carbocycles. The molecule has 6 nitrogen and oxygen atoms in total. The molecule has 28 heavy (non-hydrogen) atoms. The molecule has 0 saturated carbocycles. The van der Waals surface area contributed by atoms with Gasteiger partial charge in [0, 0.05) is 37.8 Å². The molecule has 0 saturated heterocycles. The van der Waals surface area contributed by atoms with Crippen molar-refractivity contribution in [3.05, 3.63) is 78.4 Å². The Hall–Kier alpha value is -3.28. The molecule has 1 amide bonds. The van der Waals surface area contributed by atoms with Crippen molar-refractivity contribution in [1.82, 2.24) is 14.9 Å². The van der Waals surface area contributed by atoms with Crippen LogP contribution in [0.2, 0.25) is 0 Å². The van der Waals surface area contributed by atoms with Gasteiger partial charge < -0.3 is 19.4 Å². The maximum Gasteiger partial charge on any atom is 0.231 e. The van der Waals surface area contributed by atoms with Gasteiger partial charge in [-0.05, 0) is 29.7 Å². The highest BCUT2D eigenvalue weighted by Gasteiger charge is 2.21. The molecular weight excluding hydrogens is 354 g/mol. The third kappa shape index (κ3) is 4.34. The third-order valence-corrected chi connectivity index (χ3v) is 4.86. The van der Waals surface area contributed by atoms with E-state index in [2.05, 4.69) is 22.4 Å². The molecule has 6 heteroatoms. The number of amides is 1. The number of aryl methyl sites for hydroxylation is 1. The van der Waals surface area contributed by atoms with Gasteiger partial charge in [-0.25, -0.2) is 4.98 Å². The van der Waals surface area contributed by atoms with E-state index in [4.69, 9.17) is 9.47 Å². The zero-order valence-electron chi connectivity index (χ0n) is 15.6. The molecule has 2 heterocycles. The summed E-state index contributed by atoms with van der Waals surface area (Å²) in [6.45, 7) is 1.72. The first-order valence-electron chi connectivity index (χ1n) is 9.46. The number of ether oxygens (including phenoxy) is 2. The van der Waals surface area contributed by atoms with Crippen LogP contribution in [0.15, 0.2) is 67.3 Å². The fourth-order valence-corrected chi connectivity index (χ4v) is 3.41. The van der Waals surface area contributed by atoms with Gasteiger partial charge in [-0.3, -0.25) is 4.79 Å². The van der Waals surface area contributed by atoms with Crippen molar-refractivity contribution in [2.75, 3.05) is 13.3 Å². The molecule has 4 rings (SSSR count). The van der Waals surface area contributed by atoms with E-state index in [1.54, 1.807) is 12.5 Å². The summed E-state index contributed by atoms with van der Waals surface area (Å²) in [5.41, 5.74) is 2.15. The monoisotopic (exact) mass is 377 g/mol. The number of carbonyl (C=O) groups excluding carboxylic acids is 1. The van der Waals surface area contributed by atoms with Crippen LogP contribution in [-0.4, -0.2) is 28.8 Å². The highest BCUT2D eigenvalue weighted by Crippen LogP contribution is 2.37. The minimum atomic E-state index is -0.0376. The van der Waals surface area contributed by atoms with Gasteiger partial charge in [0.1, 0.15) is 0 Å². The molecule has 2 aromatic carbocycles. The first-order chi connectivity index (χ1) is 13.8. The topological polar surface area (TPSA) is 65.4 Å². The molecule has 0 unspecified atom stereocenters. The molecule has 0 bridgehead atoms. The molecule has 0 radical (unpaired) electrons. The number of nitrogens with one attached hydrogen (secondary N) is 1. The number of fused-ring (bicyclic) bond motifs is 1. The summed E-state index contributed by atoms with van der Waals surface area (Å²) in [5, 5.41) is 3.04. The first-order valence-corrected chi connectivity index (χ1v) is 9.46. The molecule has 3 aromatic rings. The molecule has 144 valence electrons. The van der Waals surface area contributed by atoms with Crippen LogP contribution in [-0.2, 0) is 11.3 Å². The molecule has 1 aromatic heterocycles. The average molecular weight is 377 g/mol. The predicted molar refractivity (Wildman–Crippen MR) is 105 cm³/mol. The second-order valence-corrected chi connectivity index (χ2v) is 6.78. The van der Waals surface area contributed by atoms with Crippen LogP contribution in [0.25, 0.3) is 0 Å². The number of aromatic nitrogens is 2. The summed E-state index contributed by atoms with van der Waals surface area (Å²) in [6.07, 6.45) is 6.71. The SMILES string of the molecule is O=C(C[C@H](c1ccccc1)c1ccc2c(c1)OCO2)NCCCn1ccnc1. The van der Waals surface area contributed by atoms with Crippen molar-refractivity contribution in [3.63, 3.8) is 0 Å². The second-order valence-electron chi connectivity index (χ2n) is 6.78. The lowest BCUT2D eigenvalue weighted by molar-refractivity contribution is -0.121. The lowest BCUT2D eigenvalue weighted by atomic mass is 9.88. The van der Waals surface area contributed by atoms with Gasteiger partial charge >= 0.3 is 0 Å². The Labute approximate surface area is 164 Å². The van der Waals surface area contributed by atoms with E-state index in [0.717, 1.165) is 35.6 Å². The van der Waals surface area contributed by atoms with Crippen molar-refractivity contribution in [3.8, 4) is 11.5 Å². The Balaban J connectivity index is 1.41. The van der Waals surface area contributed by atoms with Crippen LogP contribution >= 0.6 is 0 Å². The molecule has 1 aliphatic rings. The molecular formula is C22H23N3O3. The highest BCUT2D eigenvalue weighted by atomic mass is 16.7. The number of rotatable bonds is 8. The summed E-state index contributed by atoms with van der Waals surface area (Å²) in [6, 6.07) is 16.0. The first kappa shape index (κ1) is 18.1. The summed E-state index contributed by atoms with van der Waals surface area (Å²) < 4.78 is 12.9. The van der Waals surface area contributed by atoms with Crippen LogP contribution in [0.4, 0.5) is 0 Å². The molecule has 0 fully saturated rings. The standard InChI is InChI=1S/C22H23N3O3/c26-22(24-9-4-11-25-12-10-23-15-25)14-19(17-5-2-1-3-6-17)18-7-8-20-21(13-18)28-16-27-20/h1-3,5-8,10,12-13,15,19H,4,9,11,14,16H2,(H,24,26)/t19-/m1/s1. The number of hydrogen-bond acceptors (Lipinski definition) is 4. The molecule has 1 N–H and O–H groups in total. The smallest absolute Gasteiger partial charge is 0.231 e. The normalized spacial score (nSPS) is 13.3. The summed E-state index contributed by atoms with van der Waals surface area (Å²) >= 11 is 0. The zero-order valence-corrected chi connectivity index (χ0v) is 15.6. The van der Waals surface area contributed by atoms with E-state index in [0.29, 0.717) is 13.0 Å². The van der Waals surface area contributed by atoms with Gasteiger partial charge in [0.15, 0.2) is 11.5 Å². The number of hydrogen-bond donors (Lipinski definition) is 1. The van der Waals surface area contributed by atoms with E-state index in [-0.39, 0.29) is 18.6 Å². The van der Waals surface area contributed by atoms with Gasteiger partial charge in [-0.2, -0.15) is 0 Å². The zero-order chi connectivity index (χ0) is 19.2. The summed E-state index contributed by atoms with van der Waals surface area (Å²) in [7, 11) is 0. The Morgan fingerprint density at radius 1 is 1.11 bits per heavy atom. The van der Waals surface area contributed by atoms with Crippen molar-refractivity contribution in [2.45, 2.75) is 25.3 Å². The van der Waals surface area contributed by atoms with Gasteiger partial charge in [-0.1, -0.05) is 36.4 Å². The Morgan fingerprint density at radius 2 is 1.96 bits per heavy atom. The van der Waals surface area contributed by atoms with E-state index in [9.17, 15) is 4.79 Å². The highest BCUT2D eigenvalue weighted by molar-refractivity contribution is 5.77. The molecule has 0 spiro atoms. The van der Waals surface area contributed by atoms with Crippen molar-refractivity contribution in [1.29, 1.82) is 0 Å². The number of benzene rings is 2. The summed E-state index contributed by atoms with van der Waals surface area (Å²) in [5.74, 6) is 1.49.